The van der Waals surface area contributed by atoms with Crippen molar-refractivity contribution in [2.24, 2.45) is 7.05 Å². The van der Waals surface area contributed by atoms with Crippen LogP contribution in [-0.2, 0) is 13.6 Å². The molecule has 0 spiro atoms. The highest BCUT2D eigenvalue weighted by atomic mass is 32.1. The molecule has 0 atom stereocenters. The van der Waals surface area contributed by atoms with Crippen molar-refractivity contribution in [1.29, 1.82) is 0 Å². The van der Waals surface area contributed by atoms with Crippen LogP contribution in [0.15, 0.2) is 12.3 Å². The van der Waals surface area contributed by atoms with Gasteiger partial charge in [0.15, 0.2) is 5.13 Å². The third-order valence-corrected chi connectivity index (χ3v) is 4.12. The smallest absolute Gasteiger partial charge is 0.265 e. The Hall–Kier alpha value is -2.09. The van der Waals surface area contributed by atoms with Gasteiger partial charge in [0.1, 0.15) is 10.7 Å². The minimum atomic E-state index is -0.204. The molecule has 20 heavy (non-hydrogen) atoms. The third-order valence-electron chi connectivity index (χ3n) is 3.12. The number of aromatic nitrogens is 3. The second-order valence-electron chi connectivity index (χ2n) is 4.78. The van der Waals surface area contributed by atoms with Crippen molar-refractivity contribution in [2.45, 2.75) is 25.4 Å². The number of amides is 1. The fourth-order valence-corrected chi connectivity index (χ4v) is 2.66. The zero-order valence-corrected chi connectivity index (χ0v) is 11.9. The number of anilines is 2. The molecule has 106 valence electrons. The van der Waals surface area contributed by atoms with E-state index in [1.165, 1.54) is 11.3 Å². The predicted octanol–water partition coefficient (Wildman–Crippen LogP) is 0.963. The van der Waals surface area contributed by atoms with Gasteiger partial charge in [-0.15, -0.1) is 0 Å². The number of hydrogen-bond donors (Lipinski definition) is 3. The van der Waals surface area contributed by atoms with Gasteiger partial charge in [0.05, 0.1) is 12.2 Å². The van der Waals surface area contributed by atoms with Crippen molar-refractivity contribution in [3.8, 4) is 0 Å². The number of thiazole rings is 1. The van der Waals surface area contributed by atoms with Gasteiger partial charge < -0.3 is 16.4 Å². The van der Waals surface area contributed by atoms with Crippen molar-refractivity contribution < 1.29 is 4.79 Å². The number of rotatable bonds is 5. The van der Waals surface area contributed by atoms with Gasteiger partial charge in [-0.2, -0.15) is 5.10 Å². The van der Waals surface area contributed by atoms with E-state index in [-0.39, 0.29) is 11.7 Å². The summed E-state index contributed by atoms with van der Waals surface area (Å²) in [6, 6.07) is 2.35. The van der Waals surface area contributed by atoms with E-state index < -0.39 is 0 Å². The first-order valence-corrected chi connectivity index (χ1v) is 7.23. The first-order valence-electron chi connectivity index (χ1n) is 6.41. The summed E-state index contributed by atoms with van der Waals surface area (Å²) in [6.07, 6.45) is 4.00. The molecule has 0 radical (unpaired) electrons. The lowest BCUT2D eigenvalue weighted by Crippen LogP contribution is -2.24. The normalized spacial score (nSPS) is 14.2. The number of carbonyl (C=O) groups is 1. The monoisotopic (exact) mass is 292 g/mol. The molecule has 1 aliphatic carbocycles. The highest BCUT2D eigenvalue weighted by Crippen LogP contribution is 2.30. The van der Waals surface area contributed by atoms with E-state index in [0.717, 1.165) is 23.7 Å². The third kappa shape index (κ3) is 2.74. The van der Waals surface area contributed by atoms with Crippen LogP contribution in [0, 0.1) is 0 Å². The Morgan fingerprint density at radius 2 is 2.40 bits per heavy atom. The molecule has 0 unspecified atom stereocenters. The molecule has 1 aliphatic rings. The summed E-state index contributed by atoms with van der Waals surface area (Å²) >= 11 is 1.30. The van der Waals surface area contributed by atoms with Gasteiger partial charge in [-0.3, -0.25) is 9.48 Å². The van der Waals surface area contributed by atoms with Crippen LogP contribution in [0.1, 0.15) is 28.2 Å². The average molecular weight is 292 g/mol. The number of nitrogen functional groups attached to an aromatic ring is 1. The van der Waals surface area contributed by atoms with E-state index in [1.54, 1.807) is 10.9 Å². The Morgan fingerprint density at radius 3 is 3.05 bits per heavy atom. The fraction of sp³-hybridized carbons (Fsp3) is 0.417. The minimum absolute atomic E-state index is 0.204. The maximum absolute atomic E-state index is 12.1. The van der Waals surface area contributed by atoms with Gasteiger partial charge in [-0.05, 0) is 18.9 Å². The summed E-state index contributed by atoms with van der Waals surface area (Å²) in [5.41, 5.74) is 6.73. The minimum Gasteiger partial charge on any atom is -0.382 e. The topological polar surface area (TPSA) is 97.9 Å². The number of aryl methyl sites for hydroxylation is 1. The number of nitrogens with zero attached hydrogens (tertiary/aromatic N) is 3. The lowest BCUT2D eigenvalue weighted by atomic mass is 10.4. The average Bonchev–Trinajstić information content (AvgIpc) is 3.01. The lowest BCUT2D eigenvalue weighted by Gasteiger charge is -2.04. The summed E-state index contributed by atoms with van der Waals surface area (Å²) in [7, 11) is 1.83. The molecule has 0 bridgehead atoms. The molecule has 0 saturated heterocycles. The highest BCUT2D eigenvalue weighted by molar-refractivity contribution is 7.18. The standard InChI is InChI=1S/C12H16N6OS/c1-18-8(4-5-15-18)6-14-11(19)9-10(13)17-12(20-9)16-7-2-3-7/h4-5,7H,2-3,6,13H2,1H3,(H,14,19)(H,16,17). The number of hydrogen-bond acceptors (Lipinski definition) is 6. The highest BCUT2D eigenvalue weighted by Gasteiger charge is 2.24. The van der Waals surface area contributed by atoms with Crippen molar-refractivity contribution in [3.05, 3.63) is 22.8 Å². The molecule has 3 rings (SSSR count). The van der Waals surface area contributed by atoms with E-state index in [4.69, 9.17) is 5.73 Å². The van der Waals surface area contributed by atoms with Crippen molar-refractivity contribution in [2.75, 3.05) is 11.1 Å². The maximum atomic E-state index is 12.1. The molecule has 2 aromatic heterocycles. The summed E-state index contributed by atoms with van der Waals surface area (Å²) in [5, 5.41) is 10.8. The molecular weight excluding hydrogens is 276 g/mol. The summed E-state index contributed by atoms with van der Waals surface area (Å²) in [5.74, 6) is 0.0747. The van der Waals surface area contributed by atoms with Gasteiger partial charge in [-0.25, -0.2) is 4.98 Å². The Labute approximate surface area is 120 Å². The molecule has 0 aromatic carbocycles. The van der Waals surface area contributed by atoms with Gasteiger partial charge in [-0.1, -0.05) is 11.3 Å². The quantitative estimate of drug-likeness (QED) is 0.762. The van der Waals surface area contributed by atoms with Gasteiger partial charge >= 0.3 is 0 Å². The Balaban J connectivity index is 1.64. The number of nitrogens with one attached hydrogen (secondary N) is 2. The van der Waals surface area contributed by atoms with Crippen LogP contribution in [0.3, 0.4) is 0 Å². The largest absolute Gasteiger partial charge is 0.382 e. The zero-order chi connectivity index (χ0) is 14.1. The molecule has 2 heterocycles. The van der Waals surface area contributed by atoms with Crippen LogP contribution in [-0.4, -0.2) is 26.7 Å². The summed E-state index contributed by atoms with van der Waals surface area (Å²) in [6.45, 7) is 0.415. The number of nitrogens with two attached hydrogens (primary N) is 1. The van der Waals surface area contributed by atoms with Crippen molar-refractivity contribution >= 4 is 28.2 Å². The van der Waals surface area contributed by atoms with Crippen LogP contribution in [0.2, 0.25) is 0 Å². The van der Waals surface area contributed by atoms with Crippen LogP contribution in [0.4, 0.5) is 10.9 Å². The molecule has 1 amide bonds. The maximum Gasteiger partial charge on any atom is 0.265 e. The van der Waals surface area contributed by atoms with E-state index in [2.05, 4.69) is 20.7 Å². The second-order valence-corrected chi connectivity index (χ2v) is 5.78. The van der Waals surface area contributed by atoms with Crippen LogP contribution < -0.4 is 16.4 Å². The Kier molecular flexibility index (Phi) is 3.31. The Morgan fingerprint density at radius 1 is 1.60 bits per heavy atom. The van der Waals surface area contributed by atoms with E-state index in [9.17, 15) is 4.79 Å². The molecular formula is C12H16N6OS. The first-order chi connectivity index (χ1) is 9.63. The van der Waals surface area contributed by atoms with E-state index in [1.807, 2.05) is 13.1 Å². The lowest BCUT2D eigenvalue weighted by molar-refractivity contribution is 0.0955. The van der Waals surface area contributed by atoms with Crippen molar-refractivity contribution in [3.63, 3.8) is 0 Å². The van der Waals surface area contributed by atoms with Gasteiger partial charge in [0.2, 0.25) is 0 Å². The molecule has 7 nitrogen and oxygen atoms in total. The molecule has 2 aromatic rings. The van der Waals surface area contributed by atoms with Crippen LogP contribution >= 0.6 is 11.3 Å². The van der Waals surface area contributed by atoms with Crippen LogP contribution in [0.25, 0.3) is 0 Å². The molecule has 1 fully saturated rings. The zero-order valence-electron chi connectivity index (χ0n) is 11.1. The van der Waals surface area contributed by atoms with E-state index >= 15 is 0 Å². The second kappa shape index (κ2) is 5.12. The molecule has 8 heteroatoms. The number of carbonyl (C=O) groups excluding carboxylic acids is 1. The van der Waals surface area contributed by atoms with Crippen LogP contribution in [0.5, 0.6) is 0 Å². The predicted molar refractivity (Wildman–Crippen MR) is 77.5 cm³/mol. The summed E-state index contributed by atoms with van der Waals surface area (Å²) in [4.78, 5) is 16.7. The Bertz CT molecular complexity index is 630. The first kappa shape index (κ1) is 12.9. The van der Waals surface area contributed by atoms with Gasteiger partial charge in [0, 0.05) is 19.3 Å². The molecule has 1 saturated carbocycles. The molecule has 0 aliphatic heterocycles. The summed E-state index contributed by atoms with van der Waals surface area (Å²) < 4.78 is 1.72. The van der Waals surface area contributed by atoms with Gasteiger partial charge in [0.25, 0.3) is 5.91 Å². The van der Waals surface area contributed by atoms with E-state index in [0.29, 0.717) is 17.5 Å². The van der Waals surface area contributed by atoms with Crippen molar-refractivity contribution in [1.82, 2.24) is 20.1 Å². The SMILES string of the molecule is Cn1nccc1CNC(=O)c1sc(NC2CC2)nc1N. The fourth-order valence-electron chi connectivity index (χ4n) is 1.78. The molecule has 4 N–H and O–H groups in total.